The van der Waals surface area contributed by atoms with Crippen LogP contribution in [0, 0.1) is 5.92 Å². The molecule has 0 aromatic rings. The molecule has 1 amide bonds. The zero-order valence-electron chi connectivity index (χ0n) is 7.88. The number of nitrogens with one attached hydrogen (secondary N) is 2. The maximum Gasteiger partial charge on any atom is 0.329 e. The highest BCUT2D eigenvalue weighted by atomic mass is 16.4. The topological polar surface area (TPSA) is 78.4 Å². The van der Waals surface area contributed by atoms with Crippen molar-refractivity contribution in [3.8, 4) is 0 Å². The van der Waals surface area contributed by atoms with Crippen molar-refractivity contribution >= 4 is 11.9 Å². The zero-order valence-corrected chi connectivity index (χ0v) is 7.88. The number of carbonyl (C=O) groups excluding carboxylic acids is 1. The average molecular weight is 198 g/mol. The number of aliphatic carboxylic acids is 1. The van der Waals surface area contributed by atoms with Gasteiger partial charge in [0, 0.05) is 6.54 Å². The van der Waals surface area contributed by atoms with Gasteiger partial charge in [-0.1, -0.05) is 0 Å². The molecule has 1 saturated carbocycles. The summed E-state index contributed by atoms with van der Waals surface area (Å²) < 4.78 is 0. The fourth-order valence-corrected chi connectivity index (χ4v) is 1.73. The van der Waals surface area contributed by atoms with Crippen molar-refractivity contribution in [1.82, 2.24) is 10.6 Å². The second kappa shape index (κ2) is 3.24. The number of carbonyl (C=O) groups is 2. The van der Waals surface area contributed by atoms with E-state index in [1.165, 1.54) is 0 Å². The first-order chi connectivity index (χ1) is 6.64. The second-order valence-electron chi connectivity index (χ2n) is 4.07. The summed E-state index contributed by atoms with van der Waals surface area (Å²) in [5, 5.41) is 14.6. The van der Waals surface area contributed by atoms with Crippen LogP contribution in [0.2, 0.25) is 0 Å². The van der Waals surface area contributed by atoms with Crippen molar-refractivity contribution in [2.45, 2.75) is 24.8 Å². The molecule has 1 heterocycles. The predicted octanol–water partition coefficient (Wildman–Crippen LogP) is -0.671. The van der Waals surface area contributed by atoms with E-state index in [0.717, 1.165) is 13.0 Å². The summed E-state index contributed by atoms with van der Waals surface area (Å²) in [6.07, 6.45) is 1.93. The number of amides is 1. The summed E-state index contributed by atoms with van der Waals surface area (Å²) in [4.78, 5) is 22.4. The van der Waals surface area contributed by atoms with Crippen LogP contribution in [-0.2, 0) is 9.59 Å². The number of rotatable bonds is 3. The van der Waals surface area contributed by atoms with E-state index < -0.39 is 11.5 Å². The Bertz CT molecular complexity index is 267. The standard InChI is InChI=1S/C9H14N2O3/c12-7(6-1-4-10-5-6)11-9(2-3-9)8(13)14/h6,10H,1-5H2,(H,11,12)(H,13,14). The van der Waals surface area contributed by atoms with Crippen LogP contribution < -0.4 is 10.6 Å². The van der Waals surface area contributed by atoms with Gasteiger partial charge in [0.1, 0.15) is 5.54 Å². The van der Waals surface area contributed by atoms with E-state index in [9.17, 15) is 9.59 Å². The van der Waals surface area contributed by atoms with Gasteiger partial charge >= 0.3 is 5.97 Å². The molecule has 3 N–H and O–H groups in total. The van der Waals surface area contributed by atoms with Gasteiger partial charge in [-0.15, -0.1) is 0 Å². The van der Waals surface area contributed by atoms with Gasteiger partial charge in [0.15, 0.2) is 0 Å². The Hall–Kier alpha value is -1.10. The van der Waals surface area contributed by atoms with Crippen LogP contribution in [0.1, 0.15) is 19.3 Å². The van der Waals surface area contributed by atoms with Crippen LogP contribution in [0.15, 0.2) is 0 Å². The Kier molecular flexibility index (Phi) is 2.19. The van der Waals surface area contributed by atoms with E-state index in [-0.39, 0.29) is 11.8 Å². The van der Waals surface area contributed by atoms with Crippen LogP contribution >= 0.6 is 0 Å². The average Bonchev–Trinajstić information content (AvgIpc) is 2.74. The lowest BCUT2D eigenvalue weighted by atomic mass is 10.1. The van der Waals surface area contributed by atoms with Gasteiger partial charge in [-0.2, -0.15) is 0 Å². The Balaban J connectivity index is 1.91. The van der Waals surface area contributed by atoms with Crippen LogP contribution in [-0.4, -0.2) is 35.6 Å². The summed E-state index contributed by atoms with van der Waals surface area (Å²) in [5.74, 6) is -1.07. The lowest BCUT2D eigenvalue weighted by Crippen LogP contribution is -2.46. The quantitative estimate of drug-likeness (QED) is 0.562. The highest BCUT2D eigenvalue weighted by molar-refractivity contribution is 5.90. The third-order valence-corrected chi connectivity index (χ3v) is 2.95. The Labute approximate surface area is 81.9 Å². The Morgan fingerprint density at radius 1 is 1.43 bits per heavy atom. The molecular formula is C9H14N2O3. The second-order valence-corrected chi connectivity index (χ2v) is 4.07. The Morgan fingerprint density at radius 2 is 2.14 bits per heavy atom. The fraction of sp³-hybridized carbons (Fsp3) is 0.778. The molecule has 2 fully saturated rings. The van der Waals surface area contributed by atoms with Crippen molar-refractivity contribution in [3.05, 3.63) is 0 Å². The lowest BCUT2D eigenvalue weighted by molar-refractivity contribution is -0.143. The van der Waals surface area contributed by atoms with Crippen LogP contribution in [0.5, 0.6) is 0 Å². The van der Waals surface area contributed by atoms with Crippen molar-refractivity contribution < 1.29 is 14.7 Å². The monoisotopic (exact) mass is 198 g/mol. The first-order valence-corrected chi connectivity index (χ1v) is 4.90. The van der Waals surface area contributed by atoms with Crippen LogP contribution in [0.3, 0.4) is 0 Å². The van der Waals surface area contributed by atoms with Crippen LogP contribution in [0.25, 0.3) is 0 Å². The third kappa shape index (κ3) is 1.59. The summed E-state index contributed by atoms with van der Waals surface area (Å²) in [7, 11) is 0. The zero-order chi connectivity index (χ0) is 10.2. The molecule has 0 aromatic heterocycles. The van der Waals surface area contributed by atoms with Crippen molar-refractivity contribution in [2.24, 2.45) is 5.92 Å². The molecule has 0 radical (unpaired) electrons. The molecule has 0 aromatic carbocycles. The molecule has 0 spiro atoms. The van der Waals surface area contributed by atoms with E-state index in [2.05, 4.69) is 10.6 Å². The molecule has 1 aliphatic carbocycles. The van der Waals surface area contributed by atoms with Gasteiger partial charge in [0.2, 0.25) is 5.91 Å². The van der Waals surface area contributed by atoms with Gasteiger partial charge in [-0.3, -0.25) is 4.79 Å². The van der Waals surface area contributed by atoms with E-state index in [4.69, 9.17) is 5.11 Å². The molecule has 1 saturated heterocycles. The molecule has 1 unspecified atom stereocenters. The Morgan fingerprint density at radius 3 is 2.57 bits per heavy atom. The smallest absolute Gasteiger partial charge is 0.329 e. The fourth-order valence-electron chi connectivity index (χ4n) is 1.73. The van der Waals surface area contributed by atoms with Crippen LogP contribution in [0.4, 0.5) is 0 Å². The lowest BCUT2D eigenvalue weighted by Gasteiger charge is -2.15. The molecule has 5 heteroatoms. The van der Waals surface area contributed by atoms with E-state index in [1.807, 2.05) is 0 Å². The minimum absolute atomic E-state index is 0.0492. The molecule has 2 aliphatic rings. The number of hydrogen-bond donors (Lipinski definition) is 3. The SMILES string of the molecule is O=C(NC1(C(=O)O)CC1)C1CCNC1. The summed E-state index contributed by atoms with van der Waals surface area (Å²) >= 11 is 0. The van der Waals surface area contributed by atoms with Gasteiger partial charge < -0.3 is 15.7 Å². The van der Waals surface area contributed by atoms with E-state index in [0.29, 0.717) is 19.4 Å². The number of carboxylic acids is 1. The molecule has 2 rings (SSSR count). The molecule has 1 atom stereocenters. The molecule has 78 valence electrons. The molecule has 14 heavy (non-hydrogen) atoms. The first kappa shape index (κ1) is 9.45. The highest BCUT2D eigenvalue weighted by Gasteiger charge is 2.52. The van der Waals surface area contributed by atoms with Gasteiger partial charge in [-0.25, -0.2) is 4.79 Å². The van der Waals surface area contributed by atoms with Gasteiger partial charge in [0.05, 0.1) is 5.92 Å². The third-order valence-electron chi connectivity index (χ3n) is 2.95. The summed E-state index contributed by atoms with van der Waals surface area (Å²) in [6.45, 7) is 1.51. The van der Waals surface area contributed by atoms with Crippen molar-refractivity contribution in [1.29, 1.82) is 0 Å². The normalized spacial score (nSPS) is 28.4. The van der Waals surface area contributed by atoms with Crippen molar-refractivity contribution in [2.75, 3.05) is 13.1 Å². The van der Waals surface area contributed by atoms with Gasteiger partial charge in [0.25, 0.3) is 0 Å². The highest BCUT2D eigenvalue weighted by Crippen LogP contribution is 2.35. The van der Waals surface area contributed by atoms with Crippen molar-refractivity contribution in [3.63, 3.8) is 0 Å². The van der Waals surface area contributed by atoms with E-state index in [1.54, 1.807) is 0 Å². The summed E-state index contributed by atoms with van der Waals surface area (Å²) in [5.41, 5.74) is -0.931. The minimum Gasteiger partial charge on any atom is -0.480 e. The molecular weight excluding hydrogens is 184 g/mol. The first-order valence-electron chi connectivity index (χ1n) is 4.90. The van der Waals surface area contributed by atoms with E-state index >= 15 is 0 Å². The predicted molar refractivity (Wildman–Crippen MR) is 48.7 cm³/mol. The maximum absolute atomic E-state index is 11.6. The number of carboxylic acid groups (broad SMARTS) is 1. The molecule has 5 nitrogen and oxygen atoms in total. The summed E-state index contributed by atoms with van der Waals surface area (Å²) in [6, 6.07) is 0. The largest absolute Gasteiger partial charge is 0.480 e. The number of hydrogen-bond acceptors (Lipinski definition) is 3. The molecule has 0 bridgehead atoms. The minimum atomic E-state index is -0.931. The molecule has 1 aliphatic heterocycles. The van der Waals surface area contributed by atoms with Gasteiger partial charge in [-0.05, 0) is 25.8 Å². The maximum atomic E-state index is 11.6.